The summed E-state index contributed by atoms with van der Waals surface area (Å²) in [6, 6.07) is 12.7. The summed E-state index contributed by atoms with van der Waals surface area (Å²) in [6.07, 6.45) is 4.48. The number of aromatic nitrogens is 2. The van der Waals surface area contributed by atoms with Crippen molar-refractivity contribution in [3.05, 3.63) is 83.3 Å². The van der Waals surface area contributed by atoms with Crippen LogP contribution in [0, 0.1) is 10.1 Å². The molecule has 1 unspecified atom stereocenters. The predicted octanol–water partition coefficient (Wildman–Crippen LogP) is 4.62. The number of nitrogens with zero attached hydrogens (tertiary/aromatic N) is 3. The zero-order chi connectivity index (χ0) is 22.5. The fraction of sp³-hybridized carbons (Fsp3) is 0.136. The Kier molecular flexibility index (Phi) is 5.93. The minimum Gasteiger partial charge on any atom is -0.469 e. The van der Waals surface area contributed by atoms with Crippen molar-refractivity contribution >= 4 is 17.3 Å². The van der Waals surface area contributed by atoms with Crippen LogP contribution in [0.1, 0.15) is 18.4 Å². The molecule has 4 aromatic rings. The van der Waals surface area contributed by atoms with E-state index in [1.54, 1.807) is 18.3 Å². The largest absolute Gasteiger partial charge is 0.469 e. The fourth-order valence-corrected chi connectivity index (χ4v) is 3.07. The van der Waals surface area contributed by atoms with Crippen LogP contribution in [0.3, 0.4) is 0 Å². The van der Waals surface area contributed by atoms with E-state index in [0.29, 0.717) is 17.1 Å². The van der Waals surface area contributed by atoms with Gasteiger partial charge in [0.25, 0.3) is 5.69 Å². The van der Waals surface area contributed by atoms with Crippen LogP contribution in [0.4, 0.5) is 11.4 Å². The predicted molar refractivity (Wildman–Crippen MR) is 114 cm³/mol. The number of hydrogen-bond donors (Lipinski definition) is 1. The smallest absolute Gasteiger partial charge is 0.308 e. The van der Waals surface area contributed by atoms with Gasteiger partial charge in [0.2, 0.25) is 5.89 Å². The summed E-state index contributed by atoms with van der Waals surface area (Å²) in [5, 5.41) is 14.1. The molecule has 162 valence electrons. The second-order valence-electron chi connectivity index (χ2n) is 6.79. The number of methoxy groups -OCH3 is 1. The van der Waals surface area contributed by atoms with Gasteiger partial charge in [-0.05, 0) is 36.4 Å². The van der Waals surface area contributed by atoms with Crippen molar-refractivity contribution in [3.8, 4) is 22.6 Å². The van der Waals surface area contributed by atoms with E-state index in [0.717, 1.165) is 11.3 Å². The van der Waals surface area contributed by atoms with Gasteiger partial charge in [0.05, 0.1) is 30.8 Å². The molecule has 0 aliphatic heterocycles. The second kappa shape index (κ2) is 9.13. The lowest BCUT2D eigenvalue weighted by atomic mass is 10.1. The number of non-ortho nitro benzene ring substituents is 1. The standard InChI is InChI=1S/C22H18N4O6/c1-30-21(27)10-18(25-16-6-2-14(3-7-16)19-11-23-13-31-19)22-24-12-20(32-22)15-4-8-17(9-5-15)26(28)29/h2-9,11-13,18,25H,10H2,1H3. The van der Waals surface area contributed by atoms with Gasteiger partial charge in [0.1, 0.15) is 6.04 Å². The van der Waals surface area contributed by atoms with E-state index in [1.807, 2.05) is 24.3 Å². The van der Waals surface area contributed by atoms with E-state index >= 15 is 0 Å². The number of carbonyl (C=O) groups is 1. The van der Waals surface area contributed by atoms with Crippen LogP contribution in [0.15, 0.2) is 76.2 Å². The van der Waals surface area contributed by atoms with Gasteiger partial charge in [0.15, 0.2) is 17.9 Å². The first-order valence-corrected chi connectivity index (χ1v) is 9.56. The lowest BCUT2D eigenvalue weighted by Crippen LogP contribution is -2.16. The highest BCUT2D eigenvalue weighted by Crippen LogP contribution is 2.29. The Morgan fingerprint density at radius 2 is 1.78 bits per heavy atom. The molecule has 1 atom stereocenters. The Hall–Kier alpha value is -4.47. The normalized spacial score (nSPS) is 11.7. The van der Waals surface area contributed by atoms with E-state index < -0.39 is 16.9 Å². The van der Waals surface area contributed by atoms with Gasteiger partial charge in [-0.3, -0.25) is 14.9 Å². The number of rotatable bonds is 8. The van der Waals surface area contributed by atoms with Gasteiger partial charge in [-0.2, -0.15) is 0 Å². The molecule has 0 saturated carbocycles. The van der Waals surface area contributed by atoms with E-state index in [4.69, 9.17) is 13.6 Å². The molecule has 2 aromatic carbocycles. The van der Waals surface area contributed by atoms with Crippen molar-refractivity contribution in [1.82, 2.24) is 9.97 Å². The first-order chi connectivity index (χ1) is 15.5. The van der Waals surface area contributed by atoms with Crippen LogP contribution in [-0.2, 0) is 9.53 Å². The van der Waals surface area contributed by atoms with Crippen molar-refractivity contribution in [2.24, 2.45) is 0 Å². The third-order valence-electron chi connectivity index (χ3n) is 4.73. The van der Waals surface area contributed by atoms with Crippen LogP contribution >= 0.6 is 0 Å². The van der Waals surface area contributed by atoms with Crippen LogP contribution in [-0.4, -0.2) is 28.0 Å². The van der Waals surface area contributed by atoms with E-state index in [9.17, 15) is 14.9 Å². The Morgan fingerprint density at radius 3 is 2.41 bits per heavy atom. The maximum atomic E-state index is 12.0. The van der Waals surface area contributed by atoms with Crippen LogP contribution in [0.5, 0.6) is 0 Å². The molecule has 32 heavy (non-hydrogen) atoms. The minimum atomic E-state index is -0.592. The van der Waals surface area contributed by atoms with Crippen LogP contribution < -0.4 is 5.32 Å². The third-order valence-corrected chi connectivity index (χ3v) is 4.73. The molecule has 10 nitrogen and oxygen atoms in total. The summed E-state index contributed by atoms with van der Waals surface area (Å²) < 4.78 is 15.9. The number of carbonyl (C=O) groups excluding carboxylic acids is 1. The van der Waals surface area contributed by atoms with Gasteiger partial charge >= 0.3 is 5.97 Å². The monoisotopic (exact) mass is 434 g/mol. The number of benzene rings is 2. The zero-order valence-corrected chi connectivity index (χ0v) is 16.9. The molecule has 0 saturated heterocycles. The van der Waals surface area contributed by atoms with E-state index in [2.05, 4.69) is 15.3 Å². The van der Waals surface area contributed by atoms with Gasteiger partial charge in [-0.15, -0.1) is 0 Å². The molecular formula is C22H18N4O6. The molecule has 0 fully saturated rings. The number of anilines is 1. The molecule has 0 radical (unpaired) electrons. The van der Waals surface area contributed by atoms with E-state index in [-0.39, 0.29) is 18.0 Å². The van der Waals surface area contributed by atoms with E-state index in [1.165, 1.54) is 31.8 Å². The topological polar surface area (TPSA) is 134 Å². The highest BCUT2D eigenvalue weighted by atomic mass is 16.6. The van der Waals surface area contributed by atoms with Crippen molar-refractivity contribution in [2.75, 3.05) is 12.4 Å². The van der Waals surface area contributed by atoms with Crippen molar-refractivity contribution in [3.63, 3.8) is 0 Å². The number of nitro groups is 1. The first-order valence-electron chi connectivity index (χ1n) is 9.56. The molecule has 0 bridgehead atoms. The molecule has 0 spiro atoms. The number of nitro benzene ring substituents is 1. The minimum absolute atomic E-state index is 0.0133. The number of nitrogens with one attached hydrogen (secondary N) is 1. The summed E-state index contributed by atoms with van der Waals surface area (Å²) in [7, 11) is 1.31. The molecule has 4 rings (SSSR count). The average molecular weight is 434 g/mol. The van der Waals surface area contributed by atoms with Crippen LogP contribution in [0.25, 0.3) is 22.6 Å². The average Bonchev–Trinajstić information content (AvgIpc) is 3.52. The highest BCUT2D eigenvalue weighted by Gasteiger charge is 2.22. The molecule has 2 heterocycles. The van der Waals surface area contributed by atoms with Crippen molar-refractivity contribution < 1.29 is 23.3 Å². The highest BCUT2D eigenvalue weighted by molar-refractivity contribution is 5.71. The lowest BCUT2D eigenvalue weighted by molar-refractivity contribution is -0.384. The fourth-order valence-electron chi connectivity index (χ4n) is 3.07. The Morgan fingerprint density at radius 1 is 1.09 bits per heavy atom. The Bertz CT molecular complexity index is 1200. The molecule has 0 amide bonds. The summed E-state index contributed by atoms with van der Waals surface area (Å²) in [5.41, 5.74) is 2.20. The zero-order valence-electron chi connectivity index (χ0n) is 16.9. The van der Waals surface area contributed by atoms with Crippen molar-refractivity contribution in [1.29, 1.82) is 0 Å². The Labute approximate surface area is 182 Å². The third kappa shape index (κ3) is 4.64. The number of ether oxygens (including phenoxy) is 1. The second-order valence-corrected chi connectivity index (χ2v) is 6.79. The molecule has 0 aliphatic rings. The summed E-state index contributed by atoms with van der Waals surface area (Å²) >= 11 is 0. The first kappa shape index (κ1) is 20.8. The molecule has 1 N–H and O–H groups in total. The van der Waals surface area contributed by atoms with Crippen LogP contribution in [0.2, 0.25) is 0 Å². The Balaban J connectivity index is 1.55. The number of esters is 1. The summed E-state index contributed by atoms with van der Waals surface area (Å²) in [6.45, 7) is 0. The van der Waals surface area contributed by atoms with Gasteiger partial charge in [-0.25, -0.2) is 9.97 Å². The van der Waals surface area contributed by atoms with Crippen molar-refractivity contribution in [2.45, 2.75) is 12.5 Å². The quantitative estimate of drug-likeness (QED) is 0.239. The molecular weight excluding hydrogens is 416 g/mol. The van der Waals surface area contributed by atoms with Gasteiger partial charge in [-0.1, -0.05) is 0 Å². The number of hydrogen-bond acceptors (Lipinski definition) is 9. The maximum absolute atomic E-state index is 12.0. The lowest BCUT2D eigenvalue weighted by Gasteiger charge is -2.16. The molecule has 0 aliphatic carbocycles. The molecule has 10 heteroatoms. The number of oxazole rings is 2. The summed E-state index contributed by atoms with van der Waals surface area (Å²) in [5.74, 6) is 0.911. The summed E-state index contributed by atoms with van der Waals surface area (Å²) in [4.78, 5) is 30.5. The maximum Gasteiger partial charge on any atom is 0.308 e. The SMILES string of the molecule is COC(=O)CC(Nc1ccc(-c2cnco2)cc1)c1ncc(-c2ccc([N+](=O)[O-])cc2)o1. The molecule has 2 aromatic heterocycles. The van der Waals surface area contributed by atoms with Gasteiger partial charge < -0.3 is 18.9 Å². The van der Waals surface area contributed by atoms with Gasteiger partial charge in [0, 0.05) is 28.9 Å².